The van der Waals surface area contributed by atoms with Gasteiger partial charge in [0.1, 0.15) is 22.5 Å². The fourth-order valence-corrected chi connectivity index (χ4v) is 5.20. The Balaban J connectivity index is 1.78. The summed E-state index contributed by atoms with van der Waals surface area (Å²) in [6.07, 6.45) is 3.44. The average molecular weight is 543 g/mol. The van der Waals surface area contributed by atoms with Crippen LogP contribution < -0.4 is 4.74 Å². The van der Waals surface area contributed by atoms with E-state index in [4.69, 9.17) is 17.0 Å². The van der Waals surface area contributed by atoms with Gasteiger partial charge in [-0.05, 0) is 73.3 Å². The van der Waals surface area contributed by atoms with Gasteiger partial charge in [0.25, 0.3) is 5.91 Å². The van der Waals surface area contributed by atoms with Crippen molar-refractivity contribution in [2.45, 2.75) is 6.61 Å². The van der Waals surface area contributed by atoms with Gasteiger partial charge in [-0.2, -0.15) is 0 Å². The maximum Gasteiger partial charge on any atom is 0.266 e. The minimum Gasteiger partial charge on any atom is -0.487 e. The number of hydrogen-bond acceptors (Lipinski definition) is 4. The number of rotatable bonds is 6. The van der Waals surface area contributed by atoms with Crippen molar-refractivity contribution < 1.29 is 13.9 Å². The molecular weight excluding hydrogens is 529 g/mol. The third-order valence-electron chi connectivity index (χ3n) is 3.80. The third-order valence-corrected chi connectivity index (χ3v) is 6.36. The van der Waals surface area contributed by atoms with Crippen molar-refractivity contribution >= 4 is 72.1 Å². The molecule has 0 unspecified atom stereocenters. The molecule has 144 valence electrons. The Bertz CT molecular complexity index is 954. The number of carbonyl (C=O) groups excluding carboxylic acids is 1. The van der Waals surface area contributed by atoms with Crippen molar-refractivity contribution in [1.29, 1.82) is 0 Å². The normalized spacial score (nSPS) is 15.4. The van der Waals surface area contributed by atoms with Gasteiger partial charge in [-0.15, -0.1) is 6.58 Å². The van der Waals surface area contributed by atoms with E-state index in [9.17, 15) is 9.18 Å². The molecule has 2 aromatic carbocycles. The number of ether oxygens (including phenoxy) is 1. The van der Waals surface area contributed by atoms with E-state index in [1.165, 1.54) is 28.8 Å². The van der Waals surface area contributed by atoms with E-state index in [1.54, 1.807) is 24.3 Å². The fraction of sp³-hybridized carbons (Fsp3) is 0.100. The first-order chi connectivity index (χ1) is 13.4. The molecule has 0 bridgehead atoms. The summed E-state index contributed by atoms with van der Waals surface area (Å²) in [5.74, 6) is 0.216. The predicted octanol–water partition coefficient (Wildman–Crippen LogP) is 6.32. The summed E-state index contributed by atoms with van der Waals surface area (Å²) < 4.78 is 20.9. The maximum absolute atomic E-state index is 13.0. The molecule has 3 nitrogen and oxygen atoms in total. The van der Waals surface area contributed by atoms with Gasteiger partial charge in [0.05, 0.1) is 13.9 Å². The Morgan fingerprint density at radius 1 is 1.21 bits per heavy atom. The fourth-order valence-electron chi connectivity index (χ4n) is 2.47. The molecule has 0 spiro atoms. The Morgan fingerprint density at radius 2 is 1.86 bits per heavy atom. The number of nitrogens with zero attached hydrogens (tertiary/aromatic N) is 1. The van der Waals surface area contributed by atoms with Crippen LogP contribution in [0.3, 0.4) is 0 Å². The summed E-state index contributed by atoms with van der Waals surface area (Å²) in [4.78, 5) is 14.5. The molecule has 0 saturated carbocycles. The van der Waals surface area contributed by atoms with Gasteiger partial charge in [0, 0.05) is 6.54 Å². The first-order valence-electron chi connectivity index (χ1n) is 8.11. The van der Waals surface area contributed by atoms with E-state index in [0.29, 0.717) is 28.1 Å². The lowest BCUT2D eigenvalue weighted by molar-refractivity contribution is -0.121. The second-order valence-corrected chi connectivity index (χ2v) is 9.19. The molecular formula is C20H14Br2FNO2S2. The molecule has 0 aliphatic carbocycles. The SMILES string of the molecule is C=CCN1C(=O)/C(=C\c2cc(Br)c(OCc3ccc(F)cc3)c(Br)c2)SC1=S. The van der Waals surface area contributed by atoms with E-state index in [0.717, 1.165) is 20.1 Å². The molecule has 2 aromatic rings. The van der Waals surface area contributed by atoms with Crippen LogP contribution in [-0.4, -0.2) is 21.7 Å². The van der Waals surface area contributed by atoms with Crippen LogP contribution in [0.5, 0.6) is 5.75 Å². The molecule has 0 aromatic heterocycles. The van der Waals surface area contributed by atoms with Crippen LogP contribution in [-0.2, 0) is 11.4 Å². The van der Waals surface area contributed by atoms with Crippen molar-refractivity contribution in [3.8, 4) is 5.75 Å². The van der Waals surface area contributed by atoms with Crippen LogP contribution >= 0.6 is 55.8 Å². The number of thioether (sulfide) groups is 1. The smallest absolute Gasteiger partial charge is 0.266 e. The van der Waals surface area contributed by atoms with Gasteiger partial charge in [0.2, 0.25) is 0 Å². The summed E-state index contributed by atoms with van der Waals surface area (Å²) in [7, 11) is 0. The molecule has 1 aliphatic rings. The monoisotopic (exact) mass is 541 g/mol. The van der Waals surface area contributed by atoms with Crippen molar-refractivity contribution in [3.05, 3.63) is 79.8 Å². The van der Waals surface area contributed by atoms with Gasteiger partial charge in [-0.1, -0.05) is 42.2 Å². The maximum atomic E-state index is 13.0. The number of hydrogen-bond donors (Lipinski definition) is 0. The van der Waals surface area contributed by atoms with Gasteiger partial charge in [-0.25, -0.2) is 4.39 Å². The molecule has 3 rings (SSSR count). The standard InChI is InChI=1S/C20H14Br2FNO2S2/c1-2-7-24-19(25)17(28-20(24)27)10-13-8-15(21)18(16(22)9-13)26-11-12-3-5-14(23)6-4-12/h2-6,8-10H,1,7,11H2/b17-10+. The zero-order valence-electron chi connectivity index (χ0n) is 14.5. The zero-order valence-corrected chi connectivity index (χ0v) is 19.3. The molecule has 0 atom stereocenters. The quantitative estimate of drug-likeness (QED) is 0.243. The van der Waals surface area contributed by atoms with Gasteiger partial charge >= 0.3 is 0 Å². The minimum atomic E-state index is -0.283. The Hall–Kier alpha value is -1.48. The van der Waals surface area contributed by atoms with E-state index >= 15 is 0 Å². The lowest BCUT2D eigenvalue weighted by Gasteiger charge is -2.12. The van der Waals surface area contributed by atoms with Crippen LogP contribution in [0.2, 0.25) is 0 Å². The molecule has 8 heteroatoms. The van der Waals surface area contributed by atoms with Crippen LogP contribution in [0.1, 0.15) is 11.1 Å². The Kier molecular flexibility index (Phi) is 7.09. The first-order valence-corrected chi connectivity index (χ1v) is 10.9. The van der Waals surface area contributed by atoms with Crippen molar-refractivity contribution in [3.63, 3.8) is 0 Å². The summed E-state index contributed by atoms with van der Waals surface area (Å²) in [5.41, 5.74) is 1.68. The number of halogens is 3. The lowest BCUT2D eigenvalue weighted by atomic mass is 10.2. The molecule has 28 heavy (non-hydrogen) atoms. The summed E-state index contributed by atoms with van der Waals surface area (Å²) in [5, 5.41) is 0. The summed E-state index contributed by atoms with van der Waals surface area (Å²) in [6, 6.07) is 9.88. The zero-order chi connectivity index (χ0) is 20.3. The second-order valence-electron chi connectivity index (χ2n) is 5.81. The highest BCUT2D eigenvalue weighted by Crippen LogP contribution is 2.38. The van der Waals surface area contributed by atoms with Crippen molar-refractivity contribution in [2.24, 2.45) is 0 Å². The Labute approximate surface area is 188 Å². The van der Waals surface area contributed by atoms with Gasteiger partial charge in [0.15, 0.2) is 0 Å². The van der Waals surface area contributed by atoms with Gasteiger partial charge in [-0.3, -0.25) is 9.69 Å². The summed E-state index contributed by atoms with van der Waals surface area (Å²) in [6.45, 7) is 4.35. The highest BCUT2D eigenvalue weighted by molar-refractivity contribution is 9.11. The van der Waals surface area contributed by atoms with Gasteiger partial charge < -0.3 is 4.74 Å². The Morgan fingerprint density at radius 3 is 2.46 bits per heavy atom. The largest absolute Gasteiger partial charge is 0.487 e. The molecule has 1 saturated heterocycles. The number of carbonyl (C=O) groups is 1. The van der Waals surface area contributed by atoms with Crippen molar-refractivity contribution in [2.75, 3.05) is 6.54 Å². The highest BCUT2D eigenvalue weighted by Gasteiger charge is 2.31. The second kappa shape index (κ2) is 9.35. The van der Waals surface area contributed by atoms with Crippen LogP contribution in [0.4, 0.5) is 4.39 Å². The molecule has 1 heterocycles. The molecule has 1 amide bonds. The topological polar surface area (TPSA) is 29.5 Å². The highest BCUT2D eigenvalue weighted by atomic mass is 79.9. The third kappa shape index (κ3) is 4.92. The van der Waals surface area contributed by atoms with E-state index in [1.807, 2.05) is 12.1 Å². The molecule has 1 aliphatic heterocycles. The lowest BCUT2D eigenvalue weighted by Crippen LogP contribution is -2.27. The predicted molar refractivity (Wildman–Crippen MR) is 123 cm³/mol. The number of benzene rings is 2. The number of thiocarbonyl (C=S) groups is 1. The van der Waals surface area contributed by atoms with Crippen LogP contribution in [0.15, 0.2) is 62.9 Å². The van der Waals surface area contributed by atoms with E-state index < -0.39 is 0 Å². The molecule has 0 radical (unpaired) electrons. The van der Waals surface area contributed by atoms with Crippen molar-refractivity contribution in [1.82, 2.24) is 4.90 Å². The summed E-state index contributed by atoms with van der Waals surface area (Å²) >= 11 is 13.5. The minimum absolute atomic E-state index is 0.126. The molecule has 0 N–H and O–H groups in total. The van der Waals surface area contributed by atoms with Crippen LogP contribution in [0, 0.1) is 5.82 Å². The number of amides is 1. The van der Waals surface area contributed by atoms with E-state index in [-0.39, 0.29) is 11.7 Å². The van der Waals surface area contributed by atoms with Crippen LogP contribution in [0.25, 0.3) is 6.08 Å². The molecule has 1 fully saturated rings. The van der Waals surface area contributed by atoms with E-state index in [2.05, 4.69) is 38.4 Å². The average Bonchev–Trinajstić information content (AvgIpc) is 2.90. The first kappa shape index (κ1) is 21.2.